The van der Waals surface area contributed by atoms with Crippen LogP contribution in [0.15, 0.2) is 48.7 Å². The third kappa shape index (κ3) is 5.25. The Labute approximate surface area is 177 Å². The van der Waals surface area contributed by atoms with Crippen LogP contribution >= 0.6 is 12.4 Å². The van der Waals surface area contributed by atoms with Crippen molar-refractivity contribution in [2.24, 2.45) is 5.92 Å². The molecule has 4 rings (SSSR count). The summed E-state index contributed by atoms with van der Waals surface area (Å²) in [7, 11) is 0. The fourth-order valence-electron chi connectivity index (χ4n) is 3.88. The summed E-state index contributed by atoms with van der Waals surface area (Å²) in [6.07, 6.45) is 2.79. The molecule has 4 N–H and O–H groups in total. The van der Waals surface area contributed by atoms with Gasteiger partial charge in [-0.3, -0.25) is 15.2 Å². The van der Waals surface area contributed by atoms with Crippen molar-refractivity contribution in [3.8, 4) is 5.75 Å². The van der Waals surface area contributed by atoms with Gasteiger partial charge in [0.15, 0.2) is 0 Å². The topological polar surface area (TPSA) is 87.3 Å². The zero-order valence-corrected chi connectivity index (χ0v) is 17.2. The van der Waals surface area contributed by atoms with Gasteiger partial charge in [-0.2, -0.15) is 0 Å². The predicted molar refractivity (Wildman–Crippen MR) is 114 cm³/mol. The Hall–Kier alpha value is -2.19. The molecule has 2 fully saturated rings. The van der Waals surface area contributed by atoms with Crippen LogP contribution in [0.4, 0.5) is 0 Å². The van der Waals surface area contributed by atoms with Crippen molar-refractivity contribution in [2.45, 2.75) is 38.1 Å². The van der Waals surface area contributed by atoms with E-state index in [0.29, 0.717) is 12.6 Å². The van der Waals surface area contributed by atoms with E-state index in [2.05, 4.69) is 26.5 Å². The van der Waals surface area contributed by atoms with Crippen LogP contribution < -0.4 is 26.2 Å². The standard InChI is InChI=1S/C21H27N5O2.ClH/c1-14(24-21(27)20-18-12-22-10-8-19(18)25-26-20)15-5-4-7-17(11-15)28-13-16-6-2-3-9-23-16;/h2-7,9,11,14,18-20,22,25-26H,8,10,12-13H2,1H3,(H,24,27);1H. The third-order valence-corrected chi connectivity index (χ3v) is 5.49. The van der Waals surface area contributed by atoms with E-state index in [4.69, 9.17) is 4.74 Å². The Kier molecular flexibility index (Phi) is 7.44. The Morgan fingerprint density at radius 2 is 2.17 bits per heavy atom. The van der Waals surface area contributed by atoms with Gasteiger partial charge in [-0.25, -0.2) is 5.43 Å². The van der Waals surface area contributed by atoms with Gasteiger partial charge in [0, 0.05) is 24.7 Å². The first-order chi connectivity index (χ1) is 13.7. The SMILES string of the molecule is CC(NC(=O)C1NNC2CCNCC21)c1cccc(OCc2ccccn2)c1.Cl. The molecule has 156 valence electrons. The number of aromatic nitrogens is 1. The number of hydrazine groups is 1. The van der Waals surface area contributed by atoms with Crippen LogP contribution in [0.5, 0.6) is 5.75 Å². The third-order valence-electron chi connectivity index (χ3n) is 5.49. The number of carbonyl (C=O) groups is 1. The highest BCUT2D eigenvalue weighted by Gasteiger charge is 2.41. The molecule has 4 atom stereocenters. The van der Waals surface area contributed by atoms with E-state index in [1.807, 2.05) is 49.4 Å². The van der Waals surface area contributed by atoms with Crippen LogP contribution in [0.1, 0.15) is 30.6 Å². The monoisotopic (exact) mass is 417 g/mol. The minimum atomic E-state index is -0.219. The highest BCUT2D eigenvalue weighted by atomic mass is 35.5. The first-order valence-electron chi connectivity index (χ1n) is 9.85. The Balaban J connectivity index is 0.00000240. The Morgan fingerprint density at radius 1 is 1.28 bits per heavy atom. The molecule has 0 aliphatic carbocycles. The van der Waals surface area contributed by atoms with Crippen LogP contribution in [0, 0.1) is 5.92 Å². The average molecular weight is 418 g/mol. The normalized spacial score (nSPS) is 24.1. The van der Waals surface area contributed by atoms with E-state index in [1.54, 1.807) is 6.20 Å². The van der Waals surface area contributed by atoms with Gasteiger partial charge >= 0.3 is 0 Å². The smallest absolute Gasteiger partial charge is 0.239 e. The molecule has 2 aliphatic heterocycles. The molecule has 3 heterocycles. The fraction of sp³-hybridized carbons (Fsp3) is 0.429. The van der Waals surface area contributed by atoms with Crippen molar-refractivity contribution >= 4 is 18.3 Å². The highest BCUT2D eigenvalue weighted by molar-refractivity contribution is 5.85. The molecule has 2 aliphatic rings. The van der Waals surface area contributed by atoms with Crippen molar-refractivity contribution in [3.05, 3.63) is 59.9 Å². The zero-order valence-electron chi connectivity index (χ0n) is 16.4. The second-order valence-corrected chi connectivity index (χ2v) is 7.44. The molecule has 2 saturated heterocycles. The molecule has 29 heavy (non-hydrogen) atoms. The van der Waals surface area contributed by atoms with Gasteiger partial charge in [-0.1, -0.05) is 18.2 Å². The Morgan fingerprint density at radius 3 is 3.00 bits per heavy atom. The maximum absolute atomic E-state index is 12.8. The van der Waals surface area contributed by atoms with E-state index in [1.165, 1.54) is 0 Å². The maximum Gasteiger partial charge on any atom is 0.239 e. The maximum atomic E-state index is 12.8. The second-order valence-electron chi connectivity index (χ2n) is 7.44. The Bertz CT molecular complexity index is 807. The number of benzene rings is 1. The van der Waals surface area contributed by atoms with Crippen molar-refractivity contribution in [1.29, 1.82) is 0 Å². The van der Waals surface area contributed by atoms with Gasteiger partial charge in [0.25, 0.3) is 0 Å². The summed E-state index contributed by atoms with van der Waals surface area (Å²) in [5.41, 5.74) is 8.33. The predicted octanol–water partition coefficient (Wildman–Crippen LogP) is 1.71. The lowest BCUT2D eigenvalue weighted by atomic mass is 9.89. The van der Waals surface area contributed by atoms with Gasteiger partial charge in [-0.15, -0.1) is 12.4 Å². The molecule has 1 aromatic heterocycles. The fourth-order valence-corrected chi connectivity index (χ4v) is 3.88. The molecule has 7 nitrogen and oxygen atoms in total. The van der Waals surface area contributed by atoms with Crippen molar-refractivity contribution in [1.82, 2.24) is 26.5 Å². The number of carbonyl (C=O) groups excluding carboxylic acids is 1. The van der Waals surface area contributed by atoms with Crippen LogP contribution in [-0.2, 0) is 11.4 Å². The van der Waals surface area contributed by atoms with Gasteiger partial charge in [0.05, 0.1) is 11.7 Å². The summed E-state index contributed by atoms with van der Waals surface area (Å²) in [5.74, 6) is 1.06. The second kappa shape index (κ2) is 10.0. The van der Waals surface area contributed by atoms with Crippen molar-refractivity contribution < 1.29 is 9.53 Å². The number of nitrogens with one attached hydrogen (secondary N) is 4. The molecule has 0 spiro atoms. The highest BCUT2D eigenvalue weighted by Crippen LogP contribution is 2.23. The molecule has 1 amide bonds. The quantitative estimate of drug-likeness (QED) is 0.572. The van der Waals surface area contributed by atoms with Crippen molar-refractivity contribution in [2.75, 3.05) is 13.1 Å². The molecule has 1 aromatic carbocycles. The number of rotatable bonds is 6. The van der Waals surface area contributed by atoms with Gasteiger partial charge < -0.3 is 15.4 Å². The summed E-state index contributed by atoms with van der Waals surface area (Å²) < 4.78 is 5.85. The molecule has 2 aromatic rings. The molecular formula is C21H28ClN5O2. The number of piperidine rings is 1. The molecular weight excluding hydrogens is 390 g/mol. The van der Waals surface area contributed by atoms with Crippen LogP contribution in [-0.4, -0.2) is 36.1 Å². The van der Waals surface area contributed by atoms with Crippen molar-refractivity contribution in [3.63, 3.8) is 0 Å². The lowest BCUT2D eigenvalue weighted by Crippen LogP contribution is -2.49. The molecule has 0 saturated carbocycles. The average Bonchev–Trinajstić information content (AvgIpc) is 3.17. The number of ether oxygens (including phenoxy) is 1. The minimum Gasteiger partial charge on any atom is -0.487 e. The number of nitrogens with zero attached hydrogens (tertiary/aromatic N) is 1. The summed E-state index contributed by atoms with van der Waals surface area (Å²) in [4.78, 5) is 17.1. The molecule has 0 bridgehead atoms. The first kappa shape index (κ1) is 21.5. The van der Waals surface area contributed by atoms with E-state index < -0.39 is 0 Å². The zero-order chi connectivity index (χ0) is 19.3. The minimum absolute atomic E-state index is 0. The number of hydrogen-bond acceptors (Lipinski definition) is 6. The largest absolute Gasteiger partial charge is 0.487 e. The van der Waals surface area contributed by atoms with E-state index in [9.17, 15) is 4.79 Å². The van der Waals surface area contributed by atoms with Crippen LogP contribution in [0.2, 0.25) is 0 Å². The van der Waals surface area contributed by atoms with Crippen LogP contribution in [0.3, 0.4) is 0 Å². The number of halogens is 1. The van der Waals surface area contributed by atoms with E-state index >= 15 is 0 Å². The lowest BCUT2D eigenvalue weighted by molar-refractivity contribution is -0.124. The van der Waals surface area contributed by atoms with Gasteiger partial charge in [0.2, 0.25) is 5.91 Å². The van der Waals surface area contributed by atoms with E-state index in [-0.39, 0.29) is 36.3 Å². The number of fused-ring (bicyclic) bond motifs is 1. The number of amides is 1. The van der Waals surface area contributed by atoms with Gasteiger partial charge in [-0.05, 0) is 49.7 Å². The van der Waals surface area contributed by atoms with Gasteiger partial charge in [0.1, 0.15) is 18.4 Å². The number of pyridine rings is 1. The molecule has 0 radical (unpaired) electrons. The first-order valence-corrected chi connectivity index (χ1v) is 9.85. The summed E-state index contributed by atoms with van der Waals surface area (Å²) in [6, 6.07) is 13.6. The lowest BCUT2D eigenvalue weighted by Gasteiger charge is -2.28. The summed E-state index contributed by atoms with van der Waals surface area (Å²) >= 11 is 0. The van der Waals surface area contributed by atoms with E-state index in [0.717, 1.165) is 36.5 Å². The molecule has 8 heteroatoms. The number of hydrogen-bond donors (Lipinski definition) is 4. The summed E-state index contributed by atoms with van der Waals surface area (Å²) in [5, 5.41) is 6.51. The molecule has 4 unspecified atom stereocenters. The van der Waals surface area contributed by atoms with Crippen LogP contribution in [0.25, 0.3) is 0 Å². The summed E-state index contributed by atoms with van der Waals surface area (Å²) in [6.45, 7) is 4.26.